The number of ether oxygens (including phenoxy) is 1. The number of methoxy groups -OCH3 is 1. The van der Waals surface area contributed by atoms with E-state index in [4.69, 9.17) is 4.74 Å². The number of carbonyl (C=O) groups excluding carboxylic acids is 1. The van der Waals surface area contributed by atoms with Crippen molar-refractivity contribution in [2.24, 2.45) is 5.92 Å². The van der Waals surface area contributed by atoms with Crippen molar-refractivity contribution in [3.63, 3.8) is 0 Å². The van der Waals surface area contributed by atoms with Gasteiger partial charge in [0, 0.05) is 19.0 Å². The first-order chi connectivity index (χ1) is 16.5. The molecule has 0 aromatic heterocycles. The molecule has 0 aliphatic carbocycles. The molecule has 176 valence electrons. The Balaban J connectivity index is 2.02. The lowest BCUT2D eigenvalue weighted by Crippen LogP contribution is -2.55. The standard InChI is InChI=1S/C28H29NO4S/c1-3-19-29-21-24(20-22-13-7-4-8-14-22)28(27(30)33-2,26(29)23-15-9-5-10-16-23)34(31,32)25-17-11-6-12-18-25/h3-18,24,26H,1,19-21H2,2H3/t24?,26-,28+/m1/s1. The van der Waals surface area contributed by atoms with Crippen molar-refractivity contribution in [3.8, 4) is 0 Å². The first-order valence-electron chi connectivity index (χ1n) is 11.3. The molecule has 34 heavy (non-hydrogen) atoms. The maximum absolute atomic E-state index is 14.5. The number of rotatable bonds is 8. The van der Waals surface area contributed by atoms with Crippen LogP contribution in [-0.4, -0.2) is 44.2 Å². The van der Waals surface area contributed by atoms with E-state index >= 15 is 0 Å². The zero-order chi connectivity index (χ0) is 24.2. The highest BCUT2D eigenvalue weighted by molar-refractivity contribution is 7.93. The van der Waals surface area contributed by atoms with Gasteiger partial charge in [-0.3, -0.25) is 9.69 Å². The lowest BCUT2D eigenvalue weighted by atomic mass is 9.82. The van der Waals surface area contributed by atoms with Gasteiger partial charge < -0.3 is 4.74 Å². The van der Waals surface area contributed by atoms with Crippen molar-refractivity contribution in [1.82, 2.24) is 4.90 Å². The number of hydrogen-bond acceptors (Lipinski definition) is 5. The fourth-order valence-electron chi connectivity index (χ4n) is 5.28. The second-order valence-electron chi connectivity index (χ2n) is 8.54. The normalized spacial score (nSPS) is 22.9. The molecule has 0 spiro atoms. The minimum atomic E-state index is -4.18. The van der Waals surface area contributed by atoms with E-state index in [0.717, 1.165) is 11.1 Å². The largest absolute Gasteiger partial charge is 0.468 e. The van der Waals surface area contributed by atoms with E-state index in [1.807, 2.05) is 65.6 Å². The van der Waals surface area contributed by atoms with Crippen molar-refractivity contribution < 1.29 is 17.9 Å². The quantitative estimate of drug-likeness (QED) is 0.355. The SMILES string of the molecule is C=CCN1CC(Cc2ccccc2)[C@](C(=O)OC)(S(=O)(=O)c2ccccc2)[C@H]1c1ccccc1. The zero-order valence-corrected chi connectivity index (χ0v) is 20.0. The van der Waals surface area contributed by atoms with Crippen molar-refractivity contribution in [1.29, 1.82) is 0 Å². The molecule has 3 aromatic rings. The first-order valence-corrected chi connectivity index (χ1v) is 12.8. The smallest absolute Gasteiger partial charge is 0.329 e. The number of sulfone groups is 1. The minimum absolute atomic E-state index is 0.111. The second kappa shape index (κ2) is 9.95. The molecular formula is C28H29NO4S. The van der Waals surface area contributed by atoms with E-state index in [2.05, 4.69) is 6.58 Å². The maximum Gasteiger partial charge on any atom is 0.329 e. The van der Waals surface area contributed by atoms with Gasteiger partial charge >= 0.3 is 5.97 Å². The molecule has 1 aliphatic rings. The summed E-state index contributed by atoms with van der Waals surface area (Å²) in [6.45, 7) is 4.73. The van der Waals surface area contributed by atoms with Crippen LogP contribution in [0.1, 0.15) is 17.2 Å². The van der Waals surface area contributed by atoms with Crippen molar-refractivity contribution in [2.75, 3.05) is 20.2 Å². The fraction of sp³-hybridized carbons (Fsp3) is 0.250. The zero-order valence-electron chi connectivity index (χ0n) is 19.2. The van der Waals surface area contributed by atoms with Gasteiger partial charge in [-0.15, -0.1) is 6.58 Å². The molecule has 0 N–H and O–H groups in total. The summed E-state index contributed by atoms with van der Waals surface area (Å²) in [4.78, 5) is 16.0. The van der Waals surface area contributed by atoms with E-state index in [-0.39, 0.29) is 4.90 Å². The van der Waals surface area contributed by atoms with E-state index in [1.165, 1.54) is 7.11 Å². The predicted molar refractivity (Wildman–Crippen MR) is 133 cm³/mol. The third-order valence-electron chi connectivity index (χ3n) is 6.64. The Morgan fingerprint density at radius 2 is 1.56 bits per heavy atom. The highest BCUT2D eigenvalue weighted by Crippen LogP contribution is 2.52. The van der Waals surface area contributed by atoms with Crippen molar-refractivity contribution >= 4 is 15.8 Å². The summed E-state index contributed by atoms with van der Waals surface area (Å²) >= 11 is 0. The third kappa shape index (κ3) is 3.97. The Hall–Kier alpha value is -3.22. The third-order valence-corrected chi connectivity index (χ3v) is 9.14. The number of nitrogens with zero attached hydrogens (tertiary/aromatic N) is 1. The van der Waals surface area contributed by atoms with Crippen LogP contribution in [0.15, 0.2) is 109 Å². The van der Waals surface area contributed by atoms with Crippen LogP contribution >= 0.6 is 0 Å². The average molecular weight is 476 g/mol. The van der Waals surface area contributed by atoms with Gasteiger partial charge in [0.15, 0.2) is 14.6 Å². The molecule has 6 heteroatoms. The lowest BCUT2D eigenvalue weighted by Gasteiger charge is -2.38. The van der Waals surface area contributed by atoms with Crippen LogP contribution < -0.4 is 0 Å². The van der Waals surface area contributed by atoms with Gasteiger partial charge in [-0.1, -0.05) is 84.9 Å². The molecule has 0 bridgehead atoms. The maximum atomic E-state index is 14.5. The lowest BCUT2D eigenvalue weighted by molar-refractivity contribution is -0.145. The monoisotopic (exact) mass is 475 g/mol. The fourth-order valence-corrected chi connectivity index (χ4v) is 7.67. The molecule has 4 rings (SSSR count). The van der Waals surface area contributed by atoms with Gasteiger partial charge in [0.1, 0.15) is 0 Å². The second-order valence-corrected chi connectivity index (χ2v) is 10.7. The van der Waals surface area contributed by atoms with E-state index in [9.17, 15) is 13.2 Å². The summed E-state index contributed by atoms with van der Waals surface area (Å²) in [5, 5.41) is 0. The molecule has 3 aromatic carbocycles. The van der Waals surface area contributed by atoms with Crippen LogP contribution in [0.3, 0.4) is 0 Å². The topological polar surface area (TPSA) is 63.7 Å². The van der Waals surface area contributed by atoms with Crippen LogP contribution in [0, 0.1) is 5.92 Å². The van der Waals surface area contributed by atoms with E-state index < -0.39 is 32.5 Å². The molecule has 1 fully saturated rings. The molecular weight excluding hydrogens is 446 g/mol. The van der Waals surface area contributed by atoms with Crippen LogP contribution in [-0.2, 0) is 25.8 Å². The summed E-state index contributed by atoms with van der Waals surface area (Å²) in [5.41, 5.74) is 1.72. The van der Waals surface area contributed by atoms with Crippen LogP contribution in [0.25, 0.3) is 0 Å². The predicted octanol–water partition coefficient (Wildman–Crippen LogP) is 4.47. The summed E-state index contributed by atoms with van der Waals surface area (Å²) in [6.07, 6.45) is 2.16. The highest BCUT2D eigenvalue weighted by Gasteiger charge is 2.68. The molecule has 3 atom stereocenters. The molecule has 0 amide bonds. The molecule has 5 nitrogen and oxygen atoms in total. The molecule has 0 saturated carbocycles. The van der Waals surface area contributed by atoms with Gasteiger partial charge in [0.2, 0.25) is 0 Å². The number of likely N-dealkylation sites (tertiary alicyclic amines) is 1. The van der Waals surface area contributed by atoms with Crippen LogP contribution in [0.4, 0.5) is 0 Å². The van der Waals surface area contributed by atoms with E-state index in [0.29, 0.717) is 19.5 Å². The summed E-state index contributed by atoms with van der Waals surface area (Å²) in [5.74, 6) is -1.28. The van der Waals surface area contributed by atoms with E-state index in [1.54, 1.807) is 36.4 Å². The summed E-state index contributed by atoms with van der Waals surface area (Å²) in [7, 11) is -2.91. The summed E-state index contributed by atoms with van der Waals surface area (Å²) in [6, 6.07) is 26.5. The van der Waals surface area contributed by atoms with Gasteiger partial charge in [-0.2, -0.15) is 0 Å². The highest BCUT2D eigenvalue weighted by atomic mass is 32.2. The van der Waals surface area contributed by atoms with Crippen LogP contribution in [0.5, 0.6) is 0 Å². The Morgan fingerprint density at radius 1 is 1.00 bits per heavy atom. The number of hydrogen-bond donors (Lipinski definition) is 0. The van der Waals surface area contributed by atoms with Crippen molar-refractivity contribution in [3.05, 3.63) is 115 Å². The van der Waals surface area contributed by atoms with Gasteiger partial charge in [-0.25, -0.2) is 8.42 Å². The Labute approximate surface area is 201 Å². The number of carbonyl (C=O) groups is 1. The van der Waals surface area contributed by atoms with Crippen LogP contribution in [0.2, 0.25) is 0 Å². The number of benzene rings is 3. The molecule has 0 radical (unpaired) electrons. The molecule has 1 saturated heterocycles. The average Bonchev–Trinajstić information content (AvgIpc) is 3.20. The molecule has 1 heterocycles. The Morgan fingerprint density at radius 3 is 2.12 bits per heavy atom. The first kappa shape index (κ1) is 23.9. The molecule has 1 unspecified atom stereocenters. The summed E-state index contributed by atoms with van der Waals surface area (Å²) < 4.78 is 32.6. The number of esters is 1. The van der Waals surface area contributed by atoms with Crippen molar-refractivity contribution in [2.45, 2.75) is 22.1 Å². The van der Waals surface area contributed by atoms with Gasteiger partial charge in [0.05, 0.1) is 18.0 Å². The molecule has 1 aliphatic heterocycles. The Bertz CT molecular complexity index is 1230. The minimum Gasteiger partial charge on any atom is -0.468 e. The Kier molecular flexibility index (Phi) is 7.00. The van der Waals surface area contributed by atoms with Gasteiger partial charge in [-0.05, 0) is 29.7 Å². The van der Waals surface area contributed by atoms with Gasteiger partial charge in [0.25, 0.3) is 0 Å².